The fourth-order valence-electron chi connectivity index (χ4n) is 5.12. The predicted molar refractivity (Wildman–Crippen MR) is 148 cm³/mol. The van der Waals surface area contributed by atoms with Crippen LogP contribution in [0.5, 0.6) is 0 Å². The number of imidazole rings is 1. The number of H-pyrrole nitrogens is 1. The number of hydrogen-bond acceptors (Lipinski definition) is 5. The lowest BCUT2D eigenvalue weighted by Gasteiger charge is -2.35. The van der Waals surface area contributed by atoms with Crippen molar-refractivity contribution in [1.82, 2.24) is 24.0 Å². The van der Waals surface area contributed by atoms with Crippen LogP contribution in [-0.2, 0) is 25.0 Å². The van der Waals surface area contributed by atoms with Crippen molar-refractivity contribution in [3.63, 3.8) is 0 Å². The van der Waals surface area contributed by atoms with E-state index >= 15 is 0 Å². The van der Waals surface area contributed by atoms with Crippen LogP contribution in [0.3, 0.4) is 0 Å². The molecule has 2 aromatic carbocycles. The Morgan fingerprint density at radius 2 is 1.61 bits per heavy atom. The molecule has 0 spiro atoms. The summed E-state index contributed by atoms with van der Waals surface area (Å²) in [5.74, 6) is 0.235. The number of aryl methyl sites for hydroxylation is 1. The zero-order valence-corrected chi connectivity index (χ0v) is 22.5. The van der Waals surface area contributed by atoms with E-state index in [4.69, 9.17) is 4.98 Å². The maximum absolute atomic E-state index is 14.6. The summed E-state index contributed by atoms with van der Waals surface area (Å²) in [6.07, 6.45) is 0. The molecular weight excluding hydrogens is 483 g/mol. The van der Waals surface area contributed by atoms with Crippen molar-refractivity contribution in [3.8, 4) is 0 Å². The largest absolute Gasteiger partial charge is 0.340 e. The molecule has 1 aliphatic heterocycles. The van der Waals surface area contributed by atoms with Crippen LogP contribution in [0.1, 0.15) is 44.4 Å². The van der Waals surface area contributed by atoms with Crippen molar-refractivity contribution < 1.29 is 4.39 Å². The van der Waals surface area contributed by atoms with Gasteiger partial charge in [0, 0.05) is 44.8 Å². The zero-order valence-electron chi connectivity index (χ0n) is 22.5. The van der Waals surface area contributed by atoms with Crippen molar-refractivity contribution in [2.24, 2.45) is 0 Å². The lowest BCUT2D eigenvalue weighted by molar-refractivity contribution is 0.248. The minimum absolute atomic E-state index is 0.128. The van der Waals surface area contributed by atoms with E-state index in [0.29, 0.717) is 36.8 Å². The Morgan fingerprint density at radius 1 is 0.921 bits per heavy atom. The molecule has 8 nitrogen and oxygen atoms in total. The van der Waals surface area contributed by atoms with Crippen LogP contribution in [0.15, 0.2) is 58.1 Å². The van der Waals surface area contributed by atoms with Gasteiger partial charge in [-0.15, -0.1) is 0 Å². The van der Waals surface area contributed by atoms with Gasteiger partial charge < -0.3 is 4.90 Å². The van der Waals surface area contributed by atoms with Crippen molar-refractivity contribution in [2.45, 2.75) is 52.7 Å². The summed E-state index contributed by atoms with van der Waals surface area (Å²) < 4.78 is 17.8. The maximum Gasteiger partial charge on any atom is 0.330 e. The highest BCUT2D eigenvalue weighted by Gasteiger charge is 2.26. The molecule has 3 heterocycles. The highest BCUT2D eigenvalue weighted by atomic mass is 19.1. The molecule has 0 radical (unpaired) electrons. The molecule has 5 rings (SSSR count). The summed E-state index contributed by atoms with van der Waals surface area (Å²) in [7, 11) is 0. The molecule has 0 amide bonds. The average Bonchev–Trinajstić information content (AvgIpc) is 3.25. The van der Waals surface area contributed by atoms with Gasteiger partial charge in [-0.1, -0.05) is 63.2 Å². The van der Waals surface area contributed by atoms with E-state index in [-0.39, 0.29) is 23.3 Å². The minimum Gasteiger partial charge on any atom is -0.340 e. The summed E-state index contributed by atoms with van der Waals surface area (Å²) in [5.41, 5.74) is 2.79. The number of halogens is 1. The third-order valence-corrected chi connectivity index (χ3v) is 7.35. The molecule has 0 aliphatic carbocycles. The van der Waals surface area contributed by atoms with Gasteiger partial charge in [-0.3, -0.25) is 23.8 Å². The first-order valence-electron chi connectivity index (χ1n) is 13.2. The second-order valence-corrected chi connectivity index (χ2v) is 11.0. The Morgan fingerprint density at radius 3 is 2.24 bits per heavy atom. The van der Waals surface area contributed by atoms with Gasteiger partial charge in [0.05, 0.1) is 6.54 Å². The number of piperazine rings is 1. The van der Waals surface area contributed by atoms with Gasteiger partial charge in [-0.25, -0.2) is 9.18 Å². The third kappa shape index (κ3) is 5.03. The van der Waals surface area contributed by atoms with Crippen LogP contribution in [-0.4, -0.2) is 50.2 Å². The van der Waals surface area contributed by atoms with E-state index in [1.165, 1.54) is 21.8 Å². The van der Waals surface area contributed by atoms with Gasteiger partial charge in [0.15, 0.2) is 11.2 Å². The maximum atomic E-state index is 14.6. The highest BCUT2D eigenvalue weighted by Crippen LogP contribution is 2.25. The van der Waals surface area contributed by atoms with Crippen molar-refractivity contribution in [3.05, 3.63) is 91.9 Å². The van der Waals surface area contributed by atoms with Gasteiger partial charge in [-0.2, -0.15) is 4.98 Å². The predicted octanol–water partition coefficient (Wildman–Crippen LogP) is 3.71. The molecule has 0 atom stereocenters. The Balaban J connectivity index is 1.42. The number of aromatic nitrogens is 4. The van der Waals surface area contributed by atoms with Gasteiger partial charge in [-0.05, 0) is 29.5 Å². The van der Waals surface area contributed by atoms with Crippen LogP contribution < -0.4 is 16.1 Å². The molecule has 1 N–H and O–H groups in total. The van der Waals surface area contributed by atoms with E-state index in [1.807, 2.05) is 6.92 Å². The number of hydrogen-bond donors (Lipinski definition) is 1. The number of rotatable bonds is 6. The number of nitrogens with zero attached hydrogens (tertiary/aromatic N) is 5. The first kappa shape index (κ1) is 25.9. The summed E-state index contributed by atoms with van der Waals surface area (Å²) in [4.78, 5) is 37.1. The topological polar surface area (TPSA) is 79.2 Å². The van der Waals surface area contributed by atoms with Gasteiger partial charge in [0.2, 0.25) is 5.95 Å². The minimum atomic E-state index is -0.512. The molecule has 0 unspecified atom stereocenters. The lowest BCUT2D eigenvalue weighted by atomic mass is 9.87. The quantitative estimate of drug-likeness (QED) is 0.421. The summed E-state index contributed by atoms with van der Waals surface area (Å²) >= 11 is 0. The second kappa shape index (κ2) is 10.2. The normalized spacial score (nSPS) is 14.9. The molecule has 0 bridgehead atoms. The third-order valence-electron chi connectivity index (χ3n) is 7.35. The lowest BCUT2D eigenvalue weighted by Crippen LogP contribution is -2.47. The van der Waals surface area contributed by atoms with Crippen LogP contribution >= 0.6 is 0 Å². The summed E-state index contributed by atoms with van der Waals surface area (Å²) in [5, 5.41) is 0. The molecule has 1 aliphatic rings. The zero-order chi connectivity index (χ0) is 27.0. The molecule has 2 aromatic heterocycles. The molecule has 38 heavy (non-hydrogen) atoms. The number of benzene rings is 2. The van der Waals surface area contributed by atoms with Gasteiger partial charge in [0.1, 0.15) is 5.82 Å². The molecule has 0 saturated carbocycles. The summed E-state index contributed by atoms with van der Waals surface area (Å²) in [6.45, 7) is 12.9. The monoisotopic (exact) mass is 518 g/mol. The number of anilines is 1. The van der Waals surface area contributed by atoms with E-state index in [2.05, 4.69) is 59.8 Å². The molecule has 9 heteroatoms. The van der Waals surface area contributed by atoms with Crippen molar-refractivity contribution >= 4 is 17.1 Å². The number of nitrogens with one attached hydrogen (secondary N) is 1. The number of aromatic amines is 1. The molecular formula is C29H35FN6O2. The summed E-state index contributed by atoms with van der Waals surface area (Å²) in [6, 6.07) is 15.4. The second-order valence-electron chi connectivity index (χ2n) is 11.0. The van der Waals surface area contributed by atoms with E-state index in [9.17, 15) is 14.0 Å². The average molecular weight is 519 g/mol. The van der Waals surface area contributed by atoms with Crippen molar-refractivity contribution in [2.75, 3.05) is 31.1 Å². The van der Waals surface area contributed by atoms with E-state index < -0.39 is 11.2 Å². The number of fused-ring (bicyclic) bond motifs is 1. The smallest absolute Gasteiger partial charge is 0.330 e. The molecule has 1 fully saturated rings. The molecule has 1 saturated heterocycles. The highest BCUT2D eigenvalue weighted by molar-refractivity contribution is 5.74. The van der Waals surface area contributed by atoms with Crippen LogP contribution in [0.25, 0.3) is 11.2 Å². The Bertz CT molecular complexity index is 1550. The van der Waals surface area contributed by atoms with E-state index in [1.54, 1.807) is 22.8 Å². The Hall–Kier alpha value is -3.72. The van der Waals surface area contributed by atoms with Crippen LogP contribution in [0.4, 0.5) is 10.3 Å². The standard InChI is InChI=1S/C29H35FN6O2/c1-5-35-25-24(26(37)32-28(35)38)36(19-21-8-6-7-9-23(21)30)27(31-25)34-16-14-33(15-17-34)18-20-10-12-22(13-11-20)29(2,3)4/h6-13H,5,14-19H2,1-4H3,(H,32,37,38). The van der Waals surface area contributed by atoms with Gasteiger partial charge >= 0.3 is 5.69 Å². The molecule has 200 valence electrons. The fourth-order valence-corrected chi connectivity index (χ4v) is 5.12. The van der Waals surface area contributed by atoms with Crippen LogP contribution in [0.2, 0.25) is 0 Å². The SMILES string of the molecule is CCn1c(=O)[nH]c(=O)c2c1nc(N1CCN(Cc3ccc(C(C)(C)C)cc3)CC1)n2Cc1ccccc1F. The Labute approximate surface area is 221 Å². The van der Waals surface area contributed by atoms with E-state index in [0.717, 1.165) is 19.6 Å². The first-order chi connectivity index (χ1) is 18.2. The van der Waals surface area contributed by atoms with Crippen LogP contribution in [0, 0.1) is 5.82 Å². The molecule has 4 aromatic rings. The fraction of sp³-hybridized carbons (Fsp3) is 0.414. The van der Waals surface area contributed by atoms with Gasteiger partial charge in [0.25, 0.3) is 5.56 Å². The Kier molecular flexibility index (Phi) is 6.96. The first-order valence-corrected chi connectivity index (χ1v) is 13.2. The van der Waals surface area contributed by atoms with Crippen molar-refractivity contribution in [1.29, 1.82) is 0 Å².